The van der Waals surface area contributed by atoms with Crippen LogP contribution >= 0.6 is 23.4 Å². The summed E-state index contributed by atoms with van der Waals surface area (Å²) < 4.78 is 32.9. The van der Waals surface area contributed by atoms with Crippen LogP contribution in [0, 0.1) is 11.6 Å². The molecule has 37 heavy (non-hydrogen) atoms. The number of thioether (sulfide) groups is 1. The second-order valence-electron chi connectivity index (χ2n) is 9.34. The lowest BCUT2D eigenvalue weighted by atomic mass is 9.93. The third kappa shape index (κ3) is 7.98. The van der Waals surface area contributed by atoms with Crippen LogP contribution in [-0.2, 0) is 16.0 Å². The third-order valence-electron chi connectivity index (χ3n) is 6.65. The van der Waals surface area contributed by atoms with Gasteiger partial charge in [-0.1, -0.05) is 23.8 Å². The van der Waals surface area contributed by atoms with Crippen LogP contribution in [0.3, 0.4) is 0 Å². The highest BCUT2D eigenvalue weighted by Gasteiger charge is 2.48. The van der Waals surface area contributed by atoms with Gasteiger partial charge in [0.05, 0.1) is 17.5 Å². The van der Waals surface area contributed by atoms with Crippen molar-refractivity contribution in [3.8, 4) is 0 Å². The molecule has 0 spiro atoms. The third-order valence-corrected chi connectivity index (χ3v) is 7.78. The molecule has 3 unspecified atom stereocenters. The zero-order valence-electron chi connectivity index (χ0n) is 20.8. The number of ether oxygens (including phenoxy) is 1. The average Bonchev–Trinajstić information content (AvgIpc) is 3.12. The average molecular weight is 561 g/mol. The molecule has 0 aromatic heterocycles. The fourth-order valence-electron chi connectivity index (χ4n) is 4.49. The Hall–Kier alpha value is -1.53. The molecule has 2 heterocycles. The van der Waals surface area contributed by atoms with Crippen molar-refractivity contribution in [3.63, 3.8) is 0 Å². The summed E-state index contributed by atoms with van der Waals surface area (Å²) in [5, 5.41) is 36.3. The van der Waals surface area contributed by atoms with Crippen LogP contribution < -0.4 is 10.6 Å². The Labute approximate surface area is 225 Å². The second kappa shape index (κ2) is 14.0. The predicted molar refractivity (Wildman–Crippen MR) is 140 cm³/mol. The van der Waals surface area contributed by atoms with Gasteiger partial charge in [0.1, 0.15) is 41.5 Å². The Balaban J connectivity index is 1.58. The molecule has 8 atom stereocenters. The van der Waals surface area contributed by atoms with Crippen LogP contribution in [0.2, 0.25) is 0 Å². The van der Waals surface area contributed by atoms with E-state index >= 15 is 0 Å². The molecule has 11 heteroatoms. The van der Waals surface area contributed by atoms with Gasteiger partial charge in [0.15, 0.2) is 0 Å². The van der Waals surface area contributed by atoms with Crippen molar-refractivity contribution in [2.24, 2.45) is 0 Å². The van der Waals surface area contributed by atoms with Crippen molar-refractivity contribution in [1.82, 2.24) is 10.6 Å². The number of allylic oxidation sites excluding steroid dienone is 2. The Bertz CT molecular complexity index is 980. The largest absolute Gasteiger partial charge is 0.388 e. The summed E-state index contributed by atoms with van der Waals surface area (Å²) in [5.41, 5.74) is 0.582. The maximum absolute atomic E-state index is 13.8. The zero-order chi connectivity index (χ0) is 27.1. The van der Waals surface area contributed by atoms with Gasteiger partial charge in [0.25, 0.3) is 0 Å². The number of rotatable bonds is 9. The highest BCUT2D eigenvalue weighted by molar-refractivity contribution is 7.99. The summed E-state index contributed by atoms with van der Waals surface area (Å²) in [5.74, 6) is -1.21. The summed E-state index contributed by atoms with van der Waals surface area (Å²) >= 11 is 7.54. The van der Waals surface area contributed by atoms with Gasteiger partial charge in [-0.15, -0.1) is 23.4 Å². The maximum atomic E-state index is 13.8. The highest BCUT2D eigenvalue weighted by Crippen LogP contribution is 2.30. The first-order chi connectivity index (χ1) is 17.6. The van der Waals surface area contributed by atoms with Gasteiger partial charge >= 0.3 is 0 Å². The van der Waals surface area contributed by atoms with Gasteiger partial charge in [-0.05, 0) is 69.2 Å². The lowest BCUT2D eigenvalue weighted by molar-refractivity contribution is -0.205. The smallest absolute Gasteiger partial charge is 0.237 e. The number of nitrogens with one attached hydrogen (secondary N) is 2. The number of halogens is 3. The Kier molecular flexibility index (Phi) is 11.4. The molecule has 3 rings (SSSR count). The van der Waals surface area contributed by atoms with Crippen molar-refractivity contribution in [3.05, 3.63) is 59.2 Å². The topological polar surface area (TPSA) is 111 Å². The van der Waals surface area contributed by atoms with E-state index in [1.807, 2.05) is 18.2 Å². The molecule has 1 fully saturated rings. The van der Waals surface area contributed by atoms with Crippen LogP contribution in [0.15, 0.2) is 42.0 Å². The van der Waals surface area contributed by atoms with Crippen molar-refractivity contribution >= 4 is 29.3 Å². The van der Waals surface area contributed by atoms with E-state index < -0.39 is 58.9 Å². The first kappa shape index (κ1) is 30.0. The Morgan fingerprint density at radius 2 is 2.05 bits per heavy atom. The molecule has 1 amide bonds. The van der Waals surface area contributed by atoms with Crippen molar-refractivity contribution in [2.45, 2.75) is 79.9 Å². The lowest BCUT2D eigenvalue weighted by Crippen LogP contribution is -2.65. The normalized spacial score (nSPS) is 30.4. The minimum absolute atomic E-state index is 0.322. The summed E-state index contributed by atoms with van der Waals surface area (Å²) in [7, 11) is 0. The van der Waals surface area contributed by atoms with E-state index in [1.165, 1.54) is 17.8 Å². The summed E-state index contributed by atoms with van der Waals surface area (Å²) in [6.45, 7) is 2.21. The minimum Gasteiger partial charge on any atom is -0.388 e. The number of hydrogen-bond acceptors (Lipinski definition) is 7. The molecule has 0 saturated carbocycles. The summed E-state index contributed by atoms with van der Waals surface area (Å²) in [6, 6.07) is 2.08. The van der Waals surface area contributed by atoms with Crippen molar-refractivity contribution in [2.75, 3.05) is 12.8 Å². The lowest BCUT2D eigenvalue weighted by Gasteiger charge is -2.44. The number of aryl methyl sites for hydroxylation is 1. The number of alkyl halides is 1. The van der Waals surface area contributed by atoms with Crippen LogP contribution in [0.1, 0.15) is 31.7 Å². The molecular formula is C26H35ClF2N2O5S. The van der Waals surface area contributed by atoms with Gasteiger partial charge < -0.3 is 30.7 Å². The minimum atomic E-state index is -1.43. The SMILES string of the molecule is CSC1O[C@H]([C@H](NC(=O)[C@@H]2CC=C(/C=C/CCc3cc(F)ccc3F)CCN2)[C@H](C)Cl)C(O)C(O)[C@H]1O. The van der Waals surface area contributed by atoms with E-state index in [2.05, 4.69) is 10.6 Å². The molecule has 1 saturated heterocycles. The maximum Gasteiger partial charge on any atom is 0.237 e. The van der Waals surface area contributed by atoms with Crippen molar-refractivity contribution in [1.29, 1.82) is 0 Å². The predicted octanol–water partition coefficient (Wildman–Crippen LogP) is 2.41. The number of aliphatic hydroxyl groups is 3. The fourth-order valence-corrected chi connectivity index (χ4v) is 5.38. The van der Waals surface area contributed by atoms with Crippen LogP contribution in [0.5, 0.6) is 0 Å². The van der Waals surface area contributed by atoms with Crippen molar-refractivity contribution < 1.29 is 33.6 Å². The van der Waals surface area contributed by atoms with E-state index in [-0.39, 0.29) is 5.91 Å². The molecular weight excluding hydrogens is 526 g/mol. The second-order valence-corrected chi connectivity index (χ2v) is 11.0. The number of amides is 1. The molecule has 0 bridgehead atoms. The first-order valence-electron chi connectivity index (χ1n) is 12.3. The molecule has 1 aromatic carbocycles. The number of carbonyl (C=O) groups is 1. The van der Waals surface area contributed by atoms with E-state index in [1.54, 1.807) is 13.2 Å². The molecule has 1 aromatic rings. The van der Waals surface area contributed by atoms with E-state index in [4.69, 9.17) is 16.3 Å². The first-order valence-corrected chi connectivity index (χ1v) is 14.0. The van der Waals surface area contributed by atoms with Gasteiger partial charge in [0, 0.05) is 0 Å². The van der Waals surface area contributed by atoms with Gasteiger partial charge in [0.2, 0.25) is 5.91 Å². The fraction of sp³-hybridized carbons (Fsp3) is 0.577. The Morgan fingerprint density at radius 3 is 2.76 bits per heavy atom. The monoisotopic (exact) mass is 560 g/mol. The number of aliphatic hydroxyl groups excluding tert-OH is 3. The van der Waals surface area contributed by atoms with E-state index in [9.17, 15) is 28.9 Å². The number of benzene rings is 1. The van der Waals surface area contributed by atoms with Gasteiger partial charge in [-0.2, -0.15) is 0 Å². The van der Waals surface area contributed by atoms with Crippen LogP contribution in [-0.4, -0.2) is 81.3 Å². The summed E-state index contributed by atoms with van der Waals surface area (Å²) in [4.78, 5) is 13.1. The summed E-state index contributed by atoms with van der Waals surface area (Å²) in [6.07, 6.45) is 4.41. The molecule has 5 N–H and O–H groups in total. The zero-order valence-corrected chi connectivity index (χ0v) is 22.4. The molecule has 2 aliphatic heterocycles. The standard InChI is InChI=1S/C26H35ClF2N2O5S/c1-14(27)20(24-22(33)21(32)23(34)26(36-24)37-2)31-25(35)19-10-7-15(11-12-30-19)5-3-4-6-16-13-17(28)8-9-18(16)29/h3,5,7-9,13-14,19-24,26,30,32-34H,4,6,10-12H2,1-2H3,(H,31,35)/b5-3+/t14-,19-,20+,21?,22?,23+,24+,26?/m0/s1. The molecule has 0 aliphatic carbocycles. The Morgan fingerprint density at radius 1 is 1.30 bits per heavy atom. The quantitative estimate of drug-likeness (QED) is 0.295. The number of hydrogen-bond donors (Lipinski definition) is 5. The van der Waals surface area contributed by atoms with Gasteiger partial charge in [-0.3, -0.25) is 4.79 Å². The van der Waals surface area contributed by atoms with Gasteiger partial charge in [-0.25, -0.2) is 8.78 Å². The molecule has 7 nitrogen and oxygen atoms in total. The number of carbonyl (C=O) groups excluding carboxylic acids is 1. The highest BCUT2D eigenvalue weighted by atomic mass is 35.5. The van der Waals surface area contributed by atoms with Crippen LogP contribution in [0.4, 0.5) is 8.78 Å². The molecule has 206 valence electrons. The molecule has 0 radical (unpaired) electrons. The molecule has 2 aliphatic rings. The van der Waals surface area contributed by atoms with E-state index in [0.717, 1.165) is 17.7 Å². The van der Waals surface area contributed by atoms with E-state index in [0.29, 0.717) is 37.8 Å². The van der Waals surface area contributed by atoms with Crippen LogP contribution in [0.25, 0.3) is 0 Å².